The van der Waals surface area contributed by atoms with E-state index in [1.807, 2.05) is 12.1 Å². The van der Waals surface area contributed by atoms with Crippen LogP contribution in [0.15, 0.2) is 41.5 Å². The zero-order chi connectivity index (χ0) is 20.5. The largest absolute Gasteiger partial charge is 0.381 e. The lowest BCUT2D eigenvalue weighted by molar-refractivity contribution is 0.253. The molecule has 1 N–H and O–H groups in total. The van der Waals surface area contributed by atoms with Gasteiger partial charge in [-0.05, 0) is 57.8 Å². The van der Waals surface area contributed by atoms with E-state index in [0.717, 1.165) is 30.1 Å². The fraction of sp³-hybridized carbons (Fsp3) is 0.364. The van der Waals surface area contributed by atoms with Crippen molar-refractivity contribution in [3.05, 3.63) is 51.9 Å². The highest BCUT2D eigenvalue weighted by molar-refractivity contribution is 7.19. The highest BCUT2D eigenvalue weighted by Crippen LogP contribution is 2.24. The zero-order valence-corrected chi connectivity index (χ0v) is 17.6. The predicted molar refractivity (Wildman–Crippen MR) is 118 cm³/mol. The number of aliphatic hydroxyl groups is 1. The van der Waals surface area contributed by atoms with E-state index in [4.69, 9.17) is 0 Å². The summed E-state index contributed by atoms with van der Waals surface area (Å²) < 4.78 is 2.14. The minimum absolute atomic E-state index is 0.105. The van der Waals surface area contributed by atoms with E-state index < -0.39 is 6.10 Å². The van der Waals surface area contributed by atoms with Gasteiger partial charge in [0.05, 0.1) is 16.1 Å². The quantitative estimate of drug-likeness (QED) is 0.674. The summed E-state index contributed by atoms with van der Waals surface area (Å²) in [5.41, 5.74) is 2.50. The Hall–Kier alpha value is -2.66. The van der Waals surface area contributed by atoms with Crippen LogP contribution in [0.2, 0.25) is 0 Å². The lowest BCUT2D eigenvalue weighted by atomic mass is 10.2. The van der Waals surface area contributed by atoms with Crippen molar-refractivity contribution in [2.45, 2.75) is 25.5 Å². The van der Waals surface area contributed by atoms with Crippen LogP contribution in [0.1, 0.15) is 18.2 Å². The highest BCUT2D eigenvalue weighted by Gasteiger charge is 2.24. The Kier molecular flexibility index (Phi) is 5.41. The number of hydrogen-bond acceptors (Lipinski definition) is 6. The Bertz CT molecular complexity index is 1140. The van der Waals surface area contributed by atoms with Crippen LogP contribution >= 0.6 is 11.3 Å². The normalized spacial score (nSPS) is 17.6. The molecule has 2 aromatic heterocycles. The number of aromatic nitrogens is 2. The summed E-state index contributed by atoms with van der Waals surface area (Å²) >= 11 is 1.31. The molecule has 2 atom stereocenters. The lowest BCUT2D eigenvalue weighted by Crippen LogP contribution is -2.31. The van der Waals surface area contributed by atoms with Gasteiger partial charge in [0, 0.05) is 24.8 Å². The third-order valence-electron chi connectivity index (χ3n) is 5.23. The molecule has 1 aliphatic rings. The predicted octanol–water partition coefficient (Wildman–Crippen LogP) is 2.32. The molecule has 1 fully saturated rings. The van der Waals surface area contributed by atoms with E-state index in [-0.39, 0.29) is 5.56 Å². The molecule has 2 unspecified atom stereocenters. The van der Waals surface area contributed by atoms with Gasteiger partial charge in [0.1, 0.15) is 17.1 Å². The van der Waals surface area contributed by atoms with E-state index in [0.29, 0.717) is 16.3 Å². The Labute approximate surface area is 174 Å². The first-order valence-electron chi connectivity index (χ1n) is 9.65. The molecule has 0 radical (unpaired) electrons. The first-order valence-corrected chi connectivity index (χ1v) is 10.5. The van der Waals surface area contributed by atoms with Gasteiger partial charge in [-0.2, -0.15) is 0 Å². The van der Waals surface area contributed by atoms with Crippen LogP contribution in [0, 0.1) is 11.8 Å². The van der Waals surface area contributed by atoms with Gasteiger partial charge >= 0.3 is 0 Å². The maximum absolute atomic E-state index is 13.0. The third-order valence-corrected chi connectivity index (χ3v) is 6.26. The second-order valence-corrected chi connectivity index (χ2v) is 8.61. The Balaban J connectivity index is 1.61. The highest BCUT2D eigenvalue weighted by atomic mass is 32.1. The van der Waals surface area contributed by atoms with Gasteiger partial charge in [0.2, 0.25) is 0 Å². The monoisotopic (exact) mass is 408 g/mol. The van der Waals surface area contributed by atoms with Gasteiger partial charge in [0.15, 0.2) is 0 Å². The number of rotatable bonds is 3. The van der Waals surface area contributed by atoms with Crippen molar-refractivity contribution < 1.29 is 5.11 Å². The molecule has 150 valence electrons. The molecule has 1 saturated heterocycles. The fourth-order valence-electron chi connectivity index (χ4n) is 3.56. The van der Waals surface area contributed by atoms with Crippen molar-refractivity contribution in [2.75, 3.05) is 32.1 Å². The maximum Gasteiger partial charge on any atom is 0.275 e. The summed E-state index contributed by atoms with van der Waals surface area (Å²) in [7, 11) is 4.25. The molecule has 4 rings (SSSR count). The van der Waals surface area contributed by atoms with Gasteiger partial charge in [0.25, 0.3) is 5.56 Å². The summed E-state index contributed by atoms with van der Waals surface area (Å²) in [6.45, 7) is 3.67. The van der Waals surface area contributed by atoms with Gasteiger partial charge in [-0.25, -0.2) is 4.98 Å². The van der Waals surface area contributed by atoms with E-state index in [2.05, 4.69) is 52.9 Å². The molecule has 7 heteroatoms. The van der Waals surface area contributed by atoms with Crippen molar-refractivity contribution in [3.63, 3.8) is 0 Å². The first-order chi connectivity index (χ1) is 13.9. The molecule has 0 saturated carbocycles. The van der Waals surface area contributed by atoms with E-state index in [9.17, 15) is 9.90 Å². The fourth-order valence-corrected chi connectivity index (χ4v) is 4.46. The average molecular weight is 409 g/mol. The van der Waals surface area contributed by atoms with E-state index >= 15 is 0 Å². The number of aliphatic hydroxyl groups excluding tert-OH is 1. The van der Waals surface area contributed by atoms with Crippen molar-refractivity contribution in [1.29, 1.82) is 0 Å². The van der Waals surface area contributed by atoms with Gasteiger partial charge in [-0.15, -0.1) is 11.3 Å². The van der Waals surface area contributed by atoms with Gasteiger partial charge < -0.3 is 14.9 Å². The van der Waals surface area contributed by atoms with Crippen LogP contribution in [-0.2, 0) is 0 Å². The average Bonchev–Trinajstić information content (AvgIpc) is 3.35. The number of likely N-dealkylation sites (N-methyl/N-ethyl adjacent to an activating group) is 1. The SMILES string of the molecule is CC(O)C#Cc1cc2ncn(-c3ccc(N4CCC(N(C)C)C4)cc3)c(=O)c2s1. The van der Waals surface area contributed by atoms with Crippen LogP contribution in [0.3, 0.4) is 0 Å². The van der Waals surface area contributed by atoms with Crippen molar-refractivity contribution >= 4 is 27.2 Å². The minimum atomic E-state index is -0.702. The topological polar surface area (TPSA) is 61.6 Å². The van der Waals surface area contributed by atoms with E-state index in [1.54, 1.807) is 23.9 Å². The molecule has 3 heterocycles. The molecule has 0 aliphatic carbocycles. The molecule has 3 aromatic rings. The summed E-state index contributed by atoms with van der Waals surface area (Å²) in [5.74, 6) is 5.59. The summed E-state index contributed by atoms with van der Waals surface area (Å²) in [6.07, 6.45) is 2.02. The van der Waals surface area contributed by atoms with Crippen LogP contribution in [-0.4, -0.2) is 58.9 Å². The van der Waals surface area contributed by atoms with Crippen molar-refractivity contribution in [1.82, 2.24) is 14.5 Å². The second-order valence-electron chi connectivity index (χ2n) is 7.56. The Morgan fingerprint density at radius 3 is 2.66 bits per heavy atom. The molecular weight excluding hydrogens is 384 g/mol. The van der Waals surface area contributed by atoms with Gasteiger partial charge in [-0.1, -0.05) is 11.8 Å². The van der Waals surface area contributed by atoms with Crippen LogP contribution in [0.5, 0.6) is 0 Å². The van der Waals surface area contributed by atoms with Crippen LogP contribution in [0.25, 0.3) is 15.9 Å². The third kappa shape index (κ3) is 4.06. The first kappa shape index (κ1) is 19.6. The minimum Gasteiger partial charge on any atom is -0.381 e. The summed E-state index contributed by atoms with van der Waals surface area (Å²) in [5, 5.41) is 9.32. The summed E-state index contributed by atoms with van der Waals surface area (Å²) in [4.78, 5) is 22.8. The van der Waals surface area contributed by atoms with Gasteiger partial charge in [-0.3, -0.25) is 9.36 Å². The molecule has 0 spiro atoms. The number of thiophene rings is 1. The Morgan fingerprint density at radius 1 is 1.28 bits per heavy atom. The molecule has 1 aromatic carbocycles. The van der Waals surface area contributed by atoms with Crippen LogP contribution < -0.4 is 10.5 Å². The molecule has 0 amide bonds. The Morgan fingerprint density at radius 2 is 2.00 bits per heavy atom. The van der Waals surface area contributed by atoms with Crippen molar-refractivity contribution in [2.24, 2.45) is 0 Å². The number of fused-ring (bicyclic) bond motifs is 1. The number of benzene rings is 1. The van der Waals surface area contributed by atoms with Crippen molar-refractivity contribution in [3.8, 4) is 17.5 Å². The molecule has 0 bridgehead atoms. The summed E-state index contributed by atoms with van der Waals surface area (Å²) in [6, 6.07) is 10.4. The molecular formula is C22H24N4O2S. The lowest BCUT2D eigenvalue weighted by Gasteiger charge is -2.22. The molecule has 1 aliphatic heterocycles. The van der Waals surface area contributed by atoms with Crippen LogP contribution in [0.4, 0.5) is 5.69 Å². The molecule has 6 nitrogen and oxygen atoms in total. The number of hydrogen-bond donors (Lipinski definition) is 1. The second kappa shape index (κ2) is 7.99. The number of nitrogens with zero attached hydrogens (tertiary/aromatic N) is 4. The van der Waals surface area contributed by atoms with E-state index in [1.165, 1.54) is 17.0 Å². The number of anilines is 1. The standard InChI is InChI=1S/C22H24N4O2S/c1-15(27)4-9-19-12-20-21(29-19)22(28)26(14-23-20)17-7-5-16(6-8-17)25-11-10-18(13-25)24(2)3/h5-8,12,14-15,18,27H,10-11,13H2,1-3H3. The molecule has 29 heavy (non-hydrogen) atoms. The maximum atomic E-state index is 13.0. The zero-order valence-electron chi connectivity index (χ0n) is 16.8. The smallest absolute Gasteiger partial charge is 0.275 e.